The molecule has 3 nitrogen and oxygen atoms in total. The second-order valence-electron chi connectivity index (χ2n) is 7.22. The molecule has 0 saturated heterocycles. The van der Waals surface area contributed by atoms with Crippen LogP contribution in [0.15, 0.2) is 60.7 Å². The average Bonchev–Trinajstić information content (AvgIpc) is 2.60. The van der Waals surface area contributed by atoms with Crippen LogP contribution in [0.3, 0.4) is 0 Å². The van der Waals surface area contributed by atoms with Crippen molar-refractivity contribution in [2.24, 2.45) is 0 Å². The zero-order chi connectivity index (χ0) is 20.3. The highest BCUT2D eigenvalue weighted by atomic mass is 32.2. The van der Waals surface area contributed by atoms with E-state index in [0.717, 1.165) is 0 Å². The van der Waals surface area contributed by atoms with E-state index in [-0.39, 0.29) is 11.1 Å². The fourth-order valence-electron chi connectivity index (χ4n) is 2.52. The molecule has 2 aromatic rings. The summed E-state index contributed by atoms with van der Waals surface area (Å²) in [7, 11) is -2.05. The van der Waals surface area contributed by atoms with Crippen molar-refractivity contribution in [1.29, 1.82) is 0 Å². The molecule has 0 spiro atoms. The fourth-order valence-corrected chi connectivity index (χ4v) is 3.45. The summed E-state index contributed by atoms with van der Waals surface area (Å²) < 4.78 is 56.9. The van der Waals surface area contributed by atoms with Crippen molar-refractivity contribution < 1.29 is 22.2 Å². The molecule has 0 radical (unpaired) electrons. The molecule has 0 amide bonds. The lowest BCUT2D eigenvalue weighted by molar-refractivity contribution is -0.193. The maximum Gasteiger partial charge on any atom is 0.412 e. The Bertz CT molecular complexity index is 801. The van der Waals surface area contributed by atoms with Gasteiger partial charge in [0.15, 0.2) is 11.3 Å². The van der Waals surface area contributed by atoms with Crippen LogP contribution in [0.2, 0.25) is 0 Å². The van der Waals surface area contributed by atoms with Crippen LogP contribution in [-0.4, -0.2) is 20.9 Å². The zero-order valence-electron chi connectivity index (χ0n) is 15.3. The van der Waals surface area contributed by atoms with E-state index in [9.17, 15) is 22.2 Å². The summed E-state index contributed by atoms with van der Waals surface area (Å²) >= 11 is 0. The molecule has 0 aliphatic rings. The van der Waals surface area contributed by atoms with Crippen LogP contribution in [-0.2, 0) is 16.5 Å². The Hall–Kier alpha value is -1.99. The molecule has 0 heterocycles. The summed E-state index contributed by atoms with van der Waals surface area (Å²) in [6.07, 6.45) is -5.74. The Balaban J connectivity index is 2.58. The zero-order valence-corrected chi connectivity index (χ0v) is 16.2. The molecule has 2 atom stereocenters. The van der Waals surface area contributed by atoms with Gasteiger partial charge in [0, 0.05) is 12.0 Å². The highest BCUT2D eigenvalue weighted by molar-refractivity contribution is 7.84. The molecule has 2 aromatic carbocycles. The number of nitrogens with one attached hydrogen (secondary N) is 1. The smallest absolute Gasteiger partial charge is 0.294 e. The summed E-state index contributed by atoms with van der Waals surface area (Å²) in [5.74, 6) is -0.685. The third-order valence-corrected chi connectivity index (χ3v) is 5.74. The molecule has 7 heteroatoms. The van der Waals surface area contributed by atoms with E-state index < -0.39 is 39.7 Å². The third-order valence-electron chi connectivity index (χ3n) is 4.10. The number of benzene rings is 2. The summed E-state index contributed by atoms with van der Waals surface area (Å²) in [5.41, 5.74) is -2.75. The Morgan fingerprint density at radius 2 is 1.41 bits per heavy atom. The molecule has 146 valence electrons. The Labute approximate surface area is 159 Å². The lowest BCUT2D eigenvalue weighted by atomic mass is 9.84. The Morgan fingerprint density at radius 3 is 1.85 bits per heavy atom. The molecule has 0 fully saturated rings. The van der Waals surface area contributed by atoms with E-state index >= 15 is 0 Å². The lowest BCUT2D eigenvalue weighted by Gasteiger charge is -2.38. The van der Waals surface area contributed by atoms with Crippen molar-refractivity contribution in [3.05, 3.63) is 71.8 Å². The van der Waals surface area contributed by atoms with E-state index in [0.29, 0.717) is 0 Å². The number of hydrogen-bond acceptors (Lipinski definition) is 2. The van der Waals surface area contributed by atoms with Crippen LogP contribution in [0.5, 0.6) is 0 Å². The highest BCUT2D eigenvalue weighted by Gasteiger charge is 2.58. The topological polar surface area (TPSA) is 46.2 Å². The van der Waals surface area contributed by atoms with Gasteiger partial charge in [-0.15, -0.1) is 0 Å². The van der Waals surface area contributed by atoms with Crippen LogP contribution in [0.4, 0.5) is 13.2 Å². The van der Waals surface area contributed by atoms with Gasteiger partial charge in [0.25, 0.3) is 0 Å². The number of alkyl halides is 3. The lowest BCUT2D eigenvalue weighted by Crippen LogP contribution is -2.57. The first kappa shape index (κ1) is 21.3. The van der Waals surface area contributed by atoms with Crippen molar-refractivity contribution in [2.45, 2.75) is 43.7 Å². The average molecular weight is 397 g/mol. The number of Topliss-reactive ketones (excluding diaryl/α,β-unsaturated/α-hetero) is 1. The predicted molar refractivity (Wildman–Crippen MR) is 101 cm³/mol. The number of rotatable bonds is 6. The van der Waals surface area contributed by atoms with Gasteiger partial charge in [0.05, 0.1) is 15.7 Å². The van der Waals surface area contributed by atoms with Crippen LogP contribution in [0, 0.1) is 0 Å². The quantitative estimate of drug-likeness (QED) is 0.714. The maximum atomic E-state index is 14.3. The van der Waals surface area contributed by atoms with Gasteiger partial charge in [-0.05, 0) is 26.3 Å². The monoisotopic (exact) mass is 397 g/mol. The number of hydrogen-bond donors (Lipinski definition) is 1. The minimum absolute atomic E-state index is 0.153. The summed E-state index contributed by atoms with van der Waals surface area (Å²) in [6, 6.07) is 14.9. The van der Waals surface area contributed by atoms with E-state index in [1.165, 1.54) is 36.4 Å². The summed E-state index contributed by atoms with van der Waals surface area (Å²) in [4.78, 5) is 12.7. The van der Waals surface area contributed by atoms with Crippen LogP contribution in [0.1, 0.15) is 43.1 Å². The van der Waals surface area contributed by atoms with E-state index in [1.807, 2.05) is 0 Å². The first-order chi connectivity index (χ1) is 12.5. The summed E-state index contributed by atoms with van der Waals surface area (Å²) in [5, 5.41) is 0. The molecule has 0 bridgehead atoms. The van der Waals surface area contributed by atoms with Gasteiger partial charge in [-0.1, -0.05) is 60.7 Å². The predicted octanol–water partition coefficient (Wildman–Crippen LogP) is 4.77. The van der Waals surface area contributed by atoms with Gasteiger partial charge in [-0.25, -0.2) is 8.93 Å². The van der Waals surface area contributed by atoms with Crippen LogP contribution in [0.25, 0.3) is 0 Å². The van der Waals surface area contributed by atoms with Crippen molar-refractivity contribution >= 4 is 16.8 Å². The van der Waals surface area contributed by atoms with Crippen LogP contribution >= 0.6 is 0 Å². The molecule has 2 rings (SSSR count). The SMILES string of the molecule is CC(C)(C)[S@](=O)N[C@](CC(=O)c1ccccc1)(c1ccccc1)C(F)(F)F. The molecule has 27 heavy (non-hydrogen) atoms. The number of carbonyl (C=O) groups excluding carboxylic acids is 1. The maximum absolute atomic E-state index is 14.3. The molecule has 0 aromatic heterocycles. The molecule has 0 aliphatic heterocycles. The minimum atomic E-state index is -4.85. The van der Waals surface area contributed by atoms with E-state index in [4.69, 9.17) is 0 Å². The summed E-state index contributed by atoms with van der Waals surface area (Å²) in [6.45, 7) is 4.71. The second kappa shape index (κ2) is 7.94. The van der Waals surface area contributed by atoms with Crippen molar-refractivity contribution in [1.82, 2.24) is 4.72 Å². The normalized spacial score (nSPS) is 15.8. The number of ketones is 1. The van der Waals surface area contributed by atoms with Gasteiger partial charge in [-0.2, -0.15) is 13.2 Å². The van der Waals surface area contributed by atoms with Crippen molar-refractivity contribution in [2.75, 3.05) is 0 Å². The van der Waals surface area contributed by atoms with Gasteiger partial charge < -0.3 is 0 Å². The fraction of sp³-hybridized carbons (Fsp3) is 0.350. The molecular formula is C20H22F3NO2S. The van der Waals surface area contributed by atoms with Crippen molar-refractivity contribution in [3.63, 3.8) is 0 Å². The molecule has 0 unspecified atom stereocenters. The number of carbonyl (C=O) groups is 1. The molecular weight excluding hydrogens is 375 g/mol. The minimum Gasteiger partial charge on any atom is -0.294 e. The Kier molecular flexibility index (Phi) is 6.27. The molecule has 1 N–H and O–H groups in total. The van der Waals surface area contributed by atoms with Gasteiger partial charge in [0.1, 0.15) is 0 Å². The number of halogens is 3. The second-order valence-corrected chi connectivity index (χ2v) is 9.18. The largest absolute Gasteiger partial charge is 0.412 e. The van der Waals surface area contributed by atoms with Crippen molar-refractivity contribution in [3.8, 4) is 0 Å². The van der Waals surface area contributed by atoms with Crippen LogP contribution < -0.4 is 4.72 Å². The van der Waals surface area contributed by atoms with Gasteiger partial charge in [0.2, 0.25) is 0 Å². The standard InChI is InChI=1S/C20H22F3NO2S/c1-18(2,3)27(26)24-19(20(21,22)23,16-12-8-5-9-13-16)14-17(25)15-10-6-4-7-11-15/h4-13,24H,14H2,1-3H3/t19-,27+/m1/s1. The van der Waals surface area contributed by atoms with E-state index in [1.54, 1.807) is 45.0 Å². The van der Waals surface area contributed by atoms with E-state index in [2.05, 4.69) is 4.72 Å². The Morgan fingerprint density at radius 1 is 0.926 bits per heavy atom. The third kappa shape index (κ3) is 4.84. The first-order valence-corrected chi connectivity index (χ1v) is 9.52. The molecule has 0 aliphatic carbocycles. The van der Waals surface area contributed by atoms with Gasteiger partial charge >= 0.3 is 6.18 Å². The van der Waals surface area contributed by atoms with Gasteiger partial charge in [-0.3, -0.25) is 4.79 Å². The first-order valence-electron chi connectivity index (χ1n) is 8.37. The highest BCUT2D eigenvalue weighted by Crippen LogP contribution is 2.43. The molecule has 0 saturated carbocycles.